The molecule has 1 heterocycles. The molecule has 1 saturated heterocycles. The van der Waals surface area contributed by atoms with Gasteiger partial charge in [-0.05, 0) is 31.4 Å². The molecule has 106 valence electrons. The molecule has 3 heteroatoms. The number of benzene rings is 1. The Morgan fingerprint density at radius 1 is 1.26 bits per heavy atom. The third kappa shape index (κ3) is 3.35. The van der Waals surface area contributed by atoms with Gasteiger partial charge in [0.2, 0.25) is 0 Å². The Balaban J connectivity index is 2.19. The van der Waals surface area contributed by atoms with E-state index in [1.54, 1.807) is 0 Å². The van der Waals surface area contributed by atoms with Crippen molar-refractivity contribution in [2.45, 2.75) is 50.8 Å². The second-order valence-electron chi connectivity index (χ2n) is 5.39. The molecule has 1 aliphatic rings. The summed E-state index contributed by atoms with van der Waals surface area (Å²) in [5.41, 5.74) is 1.14. The largest absolute Gasteiger partial charge is 0.394 e. The van der Waals surface area contributed by atoms with Gasteiger partial charge >= 0.3 is 0 Å². The van der Waals surface area contributed by atoms with Crippen LogP contribution in [0.15, 0.2) is 30.3 Å². The summed E-state index contributed by atoms with van der Waals surface area (Å²) in [5.74, 6) is 0. The van der Waals surface area contributed by atoms with E-state index >= 15 is 0 Å². The second kappa shape index (κ2) is 7.04. The molecule has 0 radical (unpaired) electrons. The average molecular weight is 263 g/mol. The van der Waals surface area contributed by atoms with E-state index in [1.807, 2.05) is 25.1 Å². The molecule has 2 rings (SSSR count). The molecule has 3 nitrogen and oxygen atoms in total. The minimum absolute atomic E-state index is 0.00713. The van der Waals surface area contributed by atoms with Gasteiger partial charge in [0.1, 0.15) is 0 Å². The number of aliphatic hydroxyl groups excluding tert-OH is 2. The molecule has 0 bridgehead atoms. The van der Waals surface area contributed by atoms with Crippen LogP contribution in [-0.4, -0.2) is 40.4 Å². The van der Waals surface area contributed by atoms with E-state index < -0.39 is 0 Å². The summed E-state index contributed by atoms with van der Waals surface area (Å²) in [4.78, 5) is 2.30. The first kappa shape index (κ1) is 14.5. The Morgan fingerprint density at radius 2 is 2.00 bits per heavy atom. The summed E-state index contributed by atoms with van der Waals surface area (Å²) in [6.45, 7) is 3.09. The maximum Gasteiger partial charge on any atom is 0.0693 e. The van der Waals surface area contributed by atoms with Crippen LogP contribution in [-0.2, 0) is 0 Å². The summed E-state index contributed by atoms with van der Waals surface area (Å²) in [7, 11) is 0. The van der Waals surface area contributed by atoms with Gasteiger partial charge in [-0.2, -0.15) is 0 Å². The molecule has 0 amide bonds. The predicted molar refractivity (Wildman–Crippen MR) is 76.9 cm³/mol. The minimum atomic E-state index is -0.293. The number of piperidine rings is 1. The molecule has 1 aromatic carbocycles. The topological polar surface area (TPSA) is 43.7 Å². The van der Waals surface area contributed by atoms with E-state index in [4.69, 9.17) is 0 Å². The van der Waals surface area contributed by atoms with E-state index in [0.717, 1.165) is 31.4 Å². The van der Waals surface area contributed by atoms with Crippen molar-refractivity contribution >= 4 is 0 Å². The van der Waals surface area contributed by atoms with Crippen LogP contribution in [0.2, 0.25) is 0 Å². The van der Waals surface area contributed by atoms with Crippen LogP contribution in [0.1, 0.15) is 44.2 Å². The number of hydrogen-bond acceptors (Lipinski definition) is 3. The molecule has 0 aromatic heterocycles. The van der Waals surface area contributed by atoms with Gasteiger partial charge < -0.3 is 10.2 Å². The standard InChI is InChI=1S/C16H25NO2/c1-2-16(19)14-10-6-7-11-17(14)15(12-18)13-8-4-3-5-9-13/h3-5,8-9,14-16,18-19H,2,6-7,10-12H2,1H3/t14-,15+,16-/m1/s1. The van der Waals surface area contributed by atoms with Gasteiger partial charge in [-0.3, -0.25) is 4.90 Å². The number of nitrogens with zero attached hydrogens (tertiary/aromatic N) is 1. The fourth-order valence-electron chi connectivity index (χ4n) is 3.13. The van der Waals surface area contributed by atoms with Gasteiger partial charge in [0, 0.05) is 6.04 Å². The van der Waals surface area contributed by atoms with Gasteiger partial charge in [0.05, 0.1) is 18.8 Å². The van der Waals surface area contributed by atoms with Crippen LogP contribution in [0.3, 0.4) is 0 Å². The lowest BCUT2D eigenvalue weighted by Gasteiger charge is -2.42. The van der Waals surface area contributed by atoms with Gasteiger partial charge in [0.15, 0.2) is 0 Å². The number of aliphatic hydroxyl groups is 2. The number of rotatable bonds is 5. The fourth-order valence-corrected chi connectivity index (χ4v) is 3.13. The third-order valence-electron chi connectivity index (χ3n) is 4.21. The van der Waals surface area contributed by atoms with Crippen LogP contribution in [0, 0.1) is 0 Å². The van der Waals surface area contributed by atoms with Crippen LogP contribution >= 0.6 is 0 Å². The fraction of sp³-hybridized carbons (Fsp3) is 0.625. The first-order valence-corrected chi connectivity index (χ1v) is 7.37. The highest BCUT2D eigenvalue weighted by Crippen LogP contribution is 2.30. The van der Waals surface area contributed by atoms with E-state index in [2.05, 4.69) is 17.0 Å². The van der Waals surface area contributed by atoms with Crippen LogP contribution in [0.4, 0.5) is 0 Å². The van der Waals surface area contributed by atoms with Crippen molar-refractivity contribution in [3.8, 4) is 0 Å². The molecule has 0 saturated carbocycles. The van der Waals surface area contributed by atoms with Gasteiger partial charge in [0.25, 0.3) is 0 Å². The third-order valence-corrected chi connectivity index (χ3v) is 4.21. The first-order chi connectivity index (χ1) is 9.27. The quantitative estimate of drug-likeness (QED) is 0.857. The molecule has 2 N–H and O–H groups in total. The summed E-state index contributed by atoms with van der Waals surface area (Å²) >= 11 is 0. The molecular formula is C16H25NO2. The monoisotopic (exact) mass is 263 g/mol. The zero-order chi connectivity index (χ0) is 13.7. The highest BCUT2D eigenvalue weighted by atomic mass is 16.3. The Kier molecular flexibility index (Phi) is 5.37. The minimum Gasteiger partial charge on any atom is -0.394 e. The Hall–Kier alpha value is -0.900. The lowest BCUT2D eigenvalue weighted by atomic mass is 9.92. The summed E-state index contributed by atoms with van der Waals surface area (Å²) < 4.78 is 0. The van der Waals surface area contributed by atoms with Crippen molar-refractivity contribution < 1.29 is 10.2 Å². The van der Waals surface area contributed by atoms with E-state index in [1.165, 1.54) is 6.42 Å². The van der Waals surface area contributed by atoms with Crippen LogP contribution < -0.4 is 0 Å². The molecule has 3 atom stereocenters. The first-order valence-electron chi connectivity index (χ1n) is 7.37. The predicted octanol–water partition coefficient (Wildman–Crippen LogP) is 2.35. The average Bonchev–Trinajstić information content (AvgIpc) is 2.49. The van der Waals surface area contributed by atoms with E-state index in [-0.39, 0.29) is 24.8 Å². The normalized spacial score (nSPS) is 24.1. The van der Waals surface area contributed by atoms with Crippen LogP contribution in [0.5, 0.6) is 0 Å². The molecule has 0 aliphatic carbocycles. The summed E-state index contributed by atoms with van der Waals surface area (Å²) in [5, 5.41) is 20.0. The van der Waals surface area contributed by atoms with Crippen LogP contribution in [0.25, 0.3) is 0 Å². The highest BCUT2D eigenvalue weighted by molar-refractivity contribution is 5.19. The van der Waals surface area contributed by atoms with Crippen molar-refractivity contribution in [1.82, 2.24) is 4.90 Å². The molecule has 1 fully saturated rings. The molecule has 0 spiro atoms. The van der Waals surface area contributed by atoms with E-state index in [0.29, 0.717) is 0 Å². The second-order valence-corrected chi connectivity index (χ2v) is 5.39. The summed E-state index contributed by atoms with van der Waals surface area (Å²) in [6.07, 6.45) is 3.83. The molecule has 19 heavy (non-hydrogen) atoms. The molecule has 1 aliphatic heterocycles. The maximum absolute atomic E-state index is 10.2. The Bertz CT molecular complexity index is 368. The Labute approximate surface area is 115 Å². The highest BCUT2D eigenvalue weighted by Gasteiger charge is 2.32. The van der Waals surface area contributed by atoms with Crippen molar-refractivity contribution in [2.75, 3.05) is 13.2 Å². The van der Waals surface area contributed by atoms with E-state index in [9.17, 15) is 10.2 Å². The zero-order valence-electron chi connectivity index (χ0n) is 11.7. The lowest BCUT2D eigenvalue weighted by molar-refractivity contribution is -0.0157. The smallest absolute Gasteiger partial charge is 0.0693 e. The zero-order valence-corrected chi connectivity index (χ0v) is 11.7. The van der Waals surface area contributed by atoms with Gasteiger partial charge in [-0.1, -0.05) is 43.7 Å². The van der Waals surface area contributed by atoms with Crippen molar-refractivity contribution in [3.63, 3.8) is 0 Å². The maximum atomic E-state index is 10.2. The molecule has 0 unspecified atom stereocenters. The molecule has 1 aromatic rings. The number of hydrogen-bond donors (Lipinski definition) is 2. The SMILES string of the molecule is CC[C@@H](O)[C@H]1CCCCN1[C@@H](CO)c1ccccc1. The lowest BCUT2D eigenvalue weighted by Crippen LogP contribution is -2.49. The van der Waals surface area contributed by atoms with Crippen molar-refractivity contribution in [1.29, 1.82) is 0 Å². The van der Waals surface area contributed by atoms with Gasteiger partial charge in [-0.15, -0.1) is 0 Å². The van der Waals surface area contributed by atoms with Crippen molar-refractivity contribution in [3.05, 3.63) is 35.9 Å². The Morgan fingerprint density at radius 3 is 2.63 bits per heavy atom. The summed E-state index contributed by atoms with van der Waals surface area (Å²) in [6, 6.07) is 10.3. The molecular weight excluding hydrogens is 238 g/mol. The van der Waals surface area contributed by atoms with Crippen molar-refractivity contribution in [2.24, 2.45) is 0 Å². The van der Waals surface area contributed by atoms with Gasteiger partial charge in [-0.25, -0.2) is 0 Å². The number of likely N-dealkylation sites (tertiary alicyclic amines) is 1.